The Morgan fingerprint density at radius 1 is 1.03 bits per heavy atom. The van der Waals surface area contributed by atoms with Gasteiger partial charge in [-0.05, 0) is 42.9 Å². The Labute approximate surface area is 208 Å². The molecule has 0 N–H and O–H groups in total. The maximum atomic E-state index is 13.3. The fourth-order valence-corrected chi connectivity index (χ4v) is 6.46. The topological polar surface area (TPSA) is 136 Å². The molecule has 2 heterocycles. The average molecular weight is 518 g/mol. The van der Waals surface area contributed by atoms with Gasteiger partial charge in [-0.2, -0.15) is 4.31 Å². The molecule has 2 fully saturated rings. The SMILES string of the molecule is COC(=O)c1c(C(=O)N2CCC3(CCN(S(=O)(=O)c4cccc(OC)c4)CC3)C2)cccc1[N+](=O)[O-]. The molecule has 2 aromatic carbocycles. The van der Waals surface area contributed by atoms with Crippen LogP contribution < -0.4 is 4.74 Å². The van der Waals surface area contributed by atoms with Gasteiger partial charge in [0.1, 0.15) is 11.3 Å². The third-order valence-corrected chi connectivity index (χ3v) is 8.94. The highest BCUT2D eigenvalue weighted by Crippen LogP contribution is 2.42. The number of amides is 1. The van der Waals surface area contributed by atoms with Gasteiger partial charge >= 0.3 is 5.97 Å². The molecule has 0 aromatic heterocycles. The lowest BCUT2D eigenvalue weighted by Crippen LogP contribution is -2.44. The molecular formula is C24H27N3O8S. The number of ether oxygens (including phenoxy) is 2. The molecule has 2 aliphatic rings. The largest absolute Gasteiger partial charge is 0.497 e. The van der Waals surface area contributed by atoms with Crippen LogP contribution in [0.25, 0.3) is 0 Å². The second-order valence-corrected chi connectivity index (χ2v) is 10.9. The molecule has 12 heteroatoms. The first kappa shape index (κ1) is 25.6. The monoisotopic (exact) mass is 517 g/mol. The van der Waals surface area contributed by atoms with Crippen LogP contribution in [0.4, 0.5) is 5.69 Å². The van der Waals surface area contributed by atoms with Gasteiger partial charge in [0, 0.05) is 38.3 Å². The summed E-state index contributed by atoms with van der Waals surface area (Å²) in [5.74, 6) is -0.972. The molecular weight excluding hydrogens is 490 g/mol. The lowest BCUT2D eigenvalue weighted by molar-refractivity contribution is -0.385. The van der Waals surface area contributed by atoms with Gasteiger partial charge in [0.2, 0.25) is 10.0 Å². The Kier molecular flexibility index (Phi) is 7.01. The van der Waals surface area contributed by atoms with Gasteiger partial charge in [0.05, 0.1) is 29.6 Å². The van der Waals surface area contributed by atoms with E-state index < -0.39 is 32.5 Å². The van der Waals surface area contributed by atoms with E-state index in [1.54, 1.807) is 17.0 Å². The van der Waals surface area contributed by atoms with Crippen LogP contribution in [0.3, 0.4) is 0 Å². The van der Waals surface area contributed by atoms with Crippen LogP contribution >= 0.6 is 0 Å². The van der Waals surface area contributed by atoms with Crippen molar-refractivity contribution >= 4 is 27.6 Å². The van der Waals surface area contributed by atoms with Gasteiger partial charge in [-0.25, -0.2) is 13.2 Å². The van der Waals surface area contributed by atoms with Gasteiger partial charge < -0.3 is 14.4 Å². The lowest BCUT2D eigenvalue weighted by Gasteiger charge is -2.38. The number of nitro groups is 1. The molecule has 192 valence electrons. The summed E-state index contributed by atoms with van der Waals surface area (Å²) in [6.07, 6.45) is 1.81. The summed E-state index contributed by atoms with van der Waals surface area (Å²) in [6, 6.07) is 10.3. The number of esters is 1. The van der Waals surface area contributed by atoms with Crippen molar-refractivity contribution in [2.75, 3.05) is 40.4 Å². The molecule has 0 atom stereocenters. The maximum absolute atomic E-state index is 13.3. The normalized spacial score (nSPS) is 17.7. The van der Waals surface area contributed by atoms with E-state index in [0.717, 1.165) is 13.2 Å². The minimum absolute atomic E-state index is 0.0776. The van der Waals surface area contributed by atoms with E-state index in [-0.39, 0.29) is 21.4 Å². The van der Waals surface area contributed by atoms with Gasteiger partial charge in [0.25, 0.3) is 11.6 Å². The van der Waals surface area contributed by atoms with Crippen LogP contribution in [-0.2, 0) is 14.8 Å². The molecule has 0 aliphatic carbocycles. The van der Waals surface area contributed by atoms with Crippen molar-refractivity contribution in [3.05, 3.63) is 63.7 Å². The van der Waals surface area contributed by atoms with E-state index in [1.165, 1.54) is 35.7 Å². The third-order valence-electron chi connectivity index (χ3n) is 7.05. The number of rotatable bonds is 6. The standard InChI is InChI=1S/C24H27N3O8S/c1-34-17-5-3-6-18(15-17)36(32,33)26-13-10-24(11-14-26)9-12-25(16-24)22(28)19-7-4-8-20(27(30)31)21(19)23(29)35-2/h3-8,15H,9-14,16H2,1-2H3. The quantitative estimate of drug-likeness (QED) is 0.324. The Hall–Kier alpha value is -3.51. The Morgan fingerprint density at radius 2 is 1.69 bits per heavy atom. The van der Waals surface area contributed by atoms with Gasteiger partial charge in [-0.1, -0.05) is 12.1 Å². The smallest absolute Gasteiger partial charge is 0.345 e. The van der Waals surface area contributed by atoms with Crippen LogP contribution in [0.1, 0.15) is 40.0 Å². The number of methoxy groups -OCH3 is 2. The highest BCUT2D eigenvalue weighted by atomic mass is 32.2. The number of hydrogen-bond acceptors (Lipinski definition) is 8. The zero-order valence-electron chi connectivity index (χ0n) is 20.0. The highest BCUT2D eigenvalue weighted by molar-refractivity contribution is 7.89. The second-order valence-electron chi connectivity index (χ2n) is 9.01. The van der Waals surface area contributed by atoms with Crippen molar-refractivity contribution in [2.24, 2.45) is 5.41 Å². The molecule has 2 saturated heterocycles. The first-order chi connectivity index (χ1) is 17.1. The van der Waals surface area contributed by atoms with E-state index in [0.29, 0.717) is 51.2 Å². The number of likely N-dealkylation sites (tertiary alicyclic amines) is 1. The molecule has 1 amide bonds. The fraction of sp³-hybridized carbons (Fsp3) is 0.417. The molecule has 2 aromatic rings. The van der Waals surface area contributed by atoms with E-state index in [1.807, 2.05) is 0 Å². The molecule has 2 aliphatic heterocycles. The highest BCUT2D eigenvalue weighted by Gasteiger charge is 2.45. The zero-order valence-corrected chi connectivity index (χ0v) is 20.8. The summed E-state index contributed by atoms with van der Waals surface area (Å²) in [4.78, 5) is 38.1. The predicted molar refractivity (Wildman–Crippen MR) is 128 cm³/mol. The number of carbonyl (C=O) groups is 2. The van der Waals surface area contributed by atoms with Gasteiger partial charge in [0.15, 0.2) is 0 Å². The summed E-state index contributed by atoms with van der Waals surface area (Å²) in [7, 11) is -1.11. The molecule has 4 rings (SSSR count). The van der Waals surface area contributed by atoms with Gasteiger partial charge in [-0.15, -0.1) is 0 Å². The van der Waals surface area contributed by atoms with Crippen LogP contribution in [0.5, 0.6) is 5.75 Å². The third kappa shape index (κ3) is 4.65. The maximum Gasteiger partial charge on any atom is 0.345 e. The van der Waals surface area contributed by atoms with Crippen molar-refractivity contribution in [2.45, 2.75) is 24.2 Å². The number of carbonyl (C=O) groups excluding carboxylic acids is 2. The fourth-order valence-electron chi connectivity index (χ4n) is 4.99. The van der Waals surface area contributed by atoms with E-state index >= 15 is 0 Å². The van der Waals surface area contributed by atoms with E-state index in [4.69, 9.17) is 9.47 Å². The van der Waals surface area contributed by atoms with Crippen molar-refractivity contribution < 1.29 is 32.4 Å². The molecule has 0 saturated carbocycles. The Morgan fingerprint density at radius 3 is 2.33 bits per heavy atom. The number of nitrogens with zero attached hydrogens (tertiary/aromatic N) is 3. The summed E-state index contributed by atoms with van der Waals surface area (Å²) in [6.45, 7) is 1.41. The zero-order chi connectivity index (χ0) is 26.1. The first-order valence-corrected chi connectivity index (χ1v) is 12.8. The van der Waals surface area contributed by atoms with Crippen LogP contribution in [-0.4, -0.2) is 74.8 Å². The van der Waals surface area contributed by atoms with Crippen LogP contribution in [0.15, 0.2) is 47.4 Å². The number of piperidine rings is 1. The van der Waals surface area contributed by atoms with Crippen molar-refractivity contribution in [1.82, 2.24) is 9.21 Å². The van der Waals surface area contributed by atoms with Crippen LogP contribution in [0.2, 0.25) is 0 Å². The average Bonchev–Trinajstić information content (AvgIpc) is 3.30. The summed E-state index contributed by atoms with van der Waals surface area (Å²) < 4.78 is 37.6. The summed E-state index contributed by atoms with van der Waals surface area (Å²) in [5.41, 5.74) is -1.19. The molecule has 1 spiro atoms. The minimum atomic E-state index is -3.69. The number of benzene rings is 2. The molecule has 11 nitrogen and oxygen atoms in total. The van der Waals surface area contributed by atoms with Crippen LogP contribution in [0, 0.1) is 15.5 Å². The number of sulfonamides is 1. The second kappa shape index (κ2) is 9.86. The molecule has 0 bridgehead atoms. The van der Waals surface area contributed by atoms with E-state index in [9.17, 15) is 28.1 Å². The van der Waals surface area contributed by atoms with E-state index in [2.05, 4.69) is 0 Å². The summed E-state index contributed by atoms with van der Waals surface area (Å²) in [5, 5.41) is 11.4. The predicted octanol–water partition coefficient (Wildman–Crippen LogP) is 2.71. The minimum Gasteiger partial charge on any atom is -0.497 e. The number of hydrogen-bond donors (Lipinski definition) is 0. The molecule has 0 unspecified atom stereocenters. The number of nitro benzene ring substituents is 1. The first-order valence-electron chi connectivity index (χ1n) is 11.4. The van der Waals surface area contributed by atoms with Crippen molar-refractivity contribution in [1.29, 1.82) is 0 Å². The summed E-state index contributed by atoms with van der Waals surface area (Å²) >= 11 is 0. The van der Waals surface area contributed by atoms with Crippen molar-refractivity contribution in [3.63, 3.8) is 0 Å². The molecule has 0 radical (unpaired) electrons. The van der Waals surface area contributed by atoms with Gasteiger partial charge in [-0.3, -0.25) is 14.9 Å². The van der Waals surface area contributed by atoms with Crippen molar-refractivity contribution in [3.8, 4) is 5.75 Å². The Balaban J connectivity index is 1.49. The Bertz CT molecular complexity index is 1300. The lowest BCUT2D eigenvalue weighted by atomic mass is 9.78. The molecule has 36 heavy (non-hydrogen) atoms.